The van der Waals surface area contributed by atoms with Crippen LogP contribution < -0.4 is 20.9 Å². The average molecular weight is 371 g/mol. The van der Waals surface area contributed by atoms with Crippen molar-refractivity contribution < 1.29 is 4.74 Å². The summed E-state index contributed by atoms with van der Waals surface area (Å²) in [4.78, 5) is 33.6. The van der Waals surface area contributed by atoms with Gasteiger partial charge in [0.1, 0.15) is 11.6 Å². The first-order valence-electron chi connectivity index (χ1n) is 9.00. The summed E-state index contributed by atoms with van der Waals surface area (Å²) >= 11 is 0. The molecule has 144 valence electrons. The third-order valence-corrected chi connectivity index (χ3v) is 4.72. The summed E-state index contributed by atoms with van der Waals surface area (Å²) in [6.07, 6.45) is 1.79. The molecule has 8 heteroatoms. The SMILES string of the molecule is CCCCn1c(=O)[nH]c(=O)c2c1nc(CN(C)c1ccccc1OC)n2C. The van der Waals surface area contributed by atoms with Gasteiger partial charge < -0.3 is 14.2 Å². The second kappa shape index (κ2) is 7.69. The second-order valence-corrected chi connectivity index (χ2v) is 6.55. The van der Waals surface area contributed by atoms with Gasteiger partial charge in [-0.25, -0.2) is 9.78 Å². The predicted molar refractivity (Wildman–Crippen MR) is 106 cm³/mol. The third-order valence-electron chi connectivity index (χ3n) is 4.72. The number of aromatic nitrogens is 4. The van der Waals surface area contributed by atoms with Gasteiger partial charge >= 0.3 is 5.69 Å². The molecule has 3 aromatic rings. The number of methoxy groups -OCH3 is 1. The number of fused-ring (bicyclic) bond motifs is 1. The van der Waals surface area contributed by atoms with E-state index in [1.807, 2.05) is 36.2 Å². The minimum Gasteiger partial charge on any atom is -0.495 e. The van der Waals surface area contributed by atoms with Crippen molar-refractivity contribution in [2.45, 2.75) is 32.9 Å². The van der Waals surface area contributed by atoms with Gasteiger partial charge in [-0.1, -0.05) is 25.5 Å². The zero-order chi connectivity index (χ0) is 19.6. The number of unbranched alkanes of at least 4 members (excludes halogenated alkanes) is 1. The maximum Gasteiger partial charge on any atom is 0.330 e. The first-order valence-corrected chi connectivity index (χ1v) is 9.00. The molecule has 0 aliphatic heterocycles. The summed E-state index contributed by atoms with van der Waals surface area (Å²) in [7, 11) is 5.36. The summed E-state index contributed by atoms with van der Waals surface area (Å²) in [6, 6.07) is 7.72. The van der Waals surface area contributed by atoms with Crippen molar-refractivity contribution in [3.05, 3.63) is 50.9 Å². The van der Waals surface area contributed by atoms with Crippen LogP contribution in [0.2, 0.25) is 0 Å². The molecule has 27 heavy (non-hydrogen) atoms. The number of imidazole rings is 1. The number of para-hydroxylation sites is 2. The molecule has 1 N–H and O–H groups in total. The number of hydrogen-bond acceptors (Lipinski definition) is 5. The molecular weight excluding hydrogens is 346 g/mol. The van der Waals surface area contributed by atoms with Gasteiger partial charge in [0.2, 0.25) is 0 Å². The van der Waals surface area contributed by atoms with Crippen LogP contribution in [0.5, 0.6) is 5.75 Å². The molecule has 8 nitrogen and oxygen atoms in total. The molecule has 0 amide bonds. The van der Waals surface area contributed by atoms with Gasteiger partial charge in [0.15, 0.2) is 11.2 Å². The van der Waals surface area contributed by atoms with Crippen LogP contribution in [0, 0.1) is 0 Å². The van der Waals surface area contributed by atoms with E-state index in [4.69, 9.17) is 4.74 Å². The molecule has 0 atom stereocenters. The number of anilines is 1. The smallest absolute Gasteiger partial charge is 0.330 e. The van der Waals surface area contributed by atoms with Crippen LogP contribution in [0.1, 0.15) is 25.6 Å². The molecule has 0 bridgehead atoms. The molecule has 0 aliphatic carbocycles. The molecule has 0 spiro atoms. The van der Waals surface area contributed by atoms with Crippen LogP contribution in [0.25, 0.3) is 11.2 Å². The molecule has 0 fully saturated rings. The fraction of sp³-hybridized carbons (Fsp3) is 0.421. The van der Waals surface area contributed by atoms with E-state index in [2.05, 4.69) is 16.9 Å². The Labute approximate surface area is 157 Å². The maximum absolute atomic E-state index is 12.4. The molecule has 1 aromatic carbocycles. The van der Waals surface area contributed by atoms with Crippen LogP contribution in [-0.4, -0.2) is 33.3 Å². The van der Waals surface area contributed by atoms with E-state index in [-0.39, 0.29) is 0 Å². The van der Waals surface area contributed by atoms with Gasteiger partial charge in [-0.2, -0.15) is 0 Å². The summed E-state index contributed by atoms with van der Waals surface area (Å²) in [5, 5.41) is 0. The fourth-order valence-electron chi connectivity index (χ4n) is 3.20. The number of benzene rings is 1. The van der Waals surface area contributed by atoms with E-state index in [9.17, 15) is 9.59 Å². The Morgan fingerprint density at radius 3 is 2.70 bits per heavy atom. The number of nitrogens with zero attached hydrogens (tertiary/aromatic N) is 4. The van der Waals surface area contributed by atoms with E-state index >= 15 is 0 Å². The molecule has 0 radical (unpaired) electrons. The monoisotopic (exact) mass is 371 g/mol. The summed E-state index contributed by atoms with van der Waals surface area (Å²) < 4.78 is 8.72. The highest BCUT2D eigenvalue weighted by atomic mass is 16.5. The highest BCUT2D eigenvalue weighted by molar-refractivity contribution is 5.71. The highest BCUT2D eigenvalue weighted by Crippen LogP contribution is 2.27. The number of H-pyrrole nitrogens is 1. The predicted octanol–water partition coefficient (Wildman–Crippen LogP) is 1.87. The van der Waals surface area contributed by atoms with E-state index in [0.717, 1.165) is 24.3 Å². The molecular formula is C19H25N5O3. The topological polar surface area (TPSA) is 85.2 Å². The quantitative estimate of drug-likeness (QED) is 0.685. The summed E-state index contributed by atoms with van der Waals surface area (Å²) in [5.41, 5.74) is 0.939. The van der Waals surface area contributed by atoms with Crippen LogP contribution in [0.15, 0.2) is 33.9 Å². The van der Waals surface area contributed by atoms with Crippen LogP contribution >= 0.6 is 0 Å². The zero-order valence-electron chi connectivity index (χ0n) is 16.2. The Kier molecular flexibility index (Phi) is 5.34. The summed E-state index contributed by atoms with van der Waals surface area (Å²) in [6.45, 7) is 3.05. The molecule has 0 saturated heterocycles. The van der Waals surface area contributed by atoms with Gasteiger partial charge in [0, 0.05) is 20.6 Å². The Hall–Kier alpha value is -3.03. The number of rotatable bonds is 7. The van der Waals surface area contributed by atoms with Crippen molar-refractivity contribution in [3.63, 3.8) is 0 Å². The minimum atomic E-state index is -0.413. The molecule has 2 heterocycles. The number of aromatic amines is 1. The van der Waals surface area contributed by atoms with E-state index in [1.54, 1.807) is 23.3 Å². The number of aryl methyl sites for hydroxylation is 2. The standard InChI is InChI=1S/C19H25N5O3/c1-5-6-11-24-17-16(18(25)21-19(24)26)23(3)15(20-17)12-22(2)13-9-7-8-10-14(13)27-4/h7-10H,5-6,11-12H2,1-4H3,(H,21,25,26). The van der Waals surface area contributed by atoms with Gasteiger partial charge in [-0.3, -0.25) is 14.3 Å². The van der Waals surface area contributed by atoms with Crippen LogP contribution in [-0.2, 0) is 20.1 Å². The molecule has 0 saturated carbocycles. The van der Waals surface area contributed by atoms with Crippen molar-refractivity contribution in [1.82, 2.24) is 19.1 Å². The van der Waals surface area contributed by atoms with E-state index in [0.29, 0.717) is 30.1 Å². The lowest BCUT2D eigenvalue weighted by Crippen LogP contribution is -2.31. The van der Waals surface area contributed by atoms with Crippen molar-refractivity contribution >= 4 is 16.9 Å². The largest absolute Gasteiger partial charge is 0.495 e. The van der Waals surface area contributed by atoms with Crippen molar-refractivity contribution in [2.75, 3.05) is 19.1 Å². The van der Waals surface area contributed by atoms with Crippen molar-refractivity contribution in [3.8, 4) is 5.75 Å². The fourth-order valence-corrected chi connectivity index (χ4v) is 3.20. The number of ether oxygens (including phenoxy) is 1. The first-order chi connectivity index (χ1) is 13.0. The van der Waals surface area contributed by atoms with Crippen molar-refractivity contribution in [2.24, 2.45) is 7.05 Å². The molecule has 2 aromatic heterocycles. The Morgan fingerprint density at radius 1 is 1.26 bits per heavy atom. The maximum atomic E-state index is 12.4. The highest BCUT2D eigenvalue weighted by Gasteiger charge is 2.18. The number of nitrogens with one attached hydrogen (secondary N) is 1. The molecule has 3 rings (SSSR count). The number of hydrogen-bond donors (Lipinski definition) is 1. The van der Waals surface area contributed by atoms with Gasteiger partial charge in [-0.05, 0) is 18.6 Å². The Morgan fingerprint density at radius 2 is 2.00 bits per heavy atom. The normalized spacial score (nSPS) is 11.1. The van der Waals surface area contributed by atoms with Gasteiger partial charge in [0.25, 0.3) is 5.56 Å². The van der Waals surface area contributed by atoms with Gasteiger partial charge in [-0.15, -0.1) is 0 Å². The summed E-state index contributed by atoms with van der Waals surface area (Å²) in [5.74, 6) is 1.45. The minimum absolute atomic E-state index is 0.411. The van der Waals surface area contributed by atoms with Crippen LogP contribution in [0.3, 0.4) is 0 Å². The lowest BCUT2D eigenvalue weighted by atomic mass is 10.2. The molecule has 0 aliphatic rings. The Bertz CT molecular complexity index is 1060. The van der Waals surface area contributed by atoms with Crippen LogP contribution in [0.4, 0.5) is 5.69 Å². The van der Waals surface area contributed by atoms with Gasteiger partial charge in [0.05, 0.1) is 19.3 Å². The average Bonchev–Trinajstić information content (AvgIpc) is 2.98. The van der Waals surface area contributed by atoms with E-state index < -0.39 is 11.2 Å². The first kappa shape index (κ1) is 18.8. The second-order valence-electron chi connectivity index (χ2n) is 6.55. The zero-order valence-corrected chi connectivity index (χ0v) is 16.2. The molecule has 0 unspecified atom stereocenters. The lowest BCUT2D eigenvalue weighted by molar-refractivity contribution is 0.414. The Balaban J connectivity index is 2.05. The third kappa shape index (κ3) is 3.47. The van der Waals surface area contributed by atoms with E-state index in [1.165, 1.54) is 0 Å². The van der Waals surface area contributed by atoms with Crippen molar-refractivity contribution in [1.29, 1.82) is 0 Å². The lowest BCUT2D eigenvalue weighted by Gasteiger charge is -2.21.